The molecule has 10 heteroatoms. The number of rotatable bonds is 4. The number of benzene rings is 1. The van der Waals surface area contributed by atoms with Crippen LogP contribution in [-0.2, 0) is 4.79 Å². The monoisotopic (exact) mass is 488 g/mol. The number of anilines is 2. The third-order valence-corrected chi connectivity index (χ3v) is 6.48. The molecule has 1 aromatic carbocycles. The van der Waals surface area contributed by atoms with Crippen LogP contribution in [0.25, 0.3) is 11.3 Å². The Morgan fingerprint density at radius 2 is 1.88 bits per heavy atom. The van der Waals surface area contributed by atoms with Gasteiger partial charge in [0.05, 0.1) is 24.1 Å². The number of nitrogens with one attached hydrogen (secondary N) is 1. The lowest BCUT2D eigenvalue weighted by atomic mass is 9.88. The zero-order valence-electron chi connectivity index (χ0n) is 20.1. The zero-order chi connectivity index (χ0) is 23.7. The molecule has 2 aliphatic rings. The van der Waals surface area contributed by atoms with Crippen molar-refractivity contribution in [2.75, 3.05) is 36.0 Å². The van der Waals surface area contributed by atoms with Crippen LogP contribution in [0.1, 0.15) is 45.7 Å². The van der Waals surface area contributed by atoms with E-state index in [0.717, 1.165) is 54.5 Å². The molecule has 2 N–H and O–H groups in total. The summed E-state index contributed by atoms with van der Waals surface area (Å²) in [4.78, 5) is 39.3. The van der Waals surface area contributed by atoms with E-state index in [1.54, 1.807) is 24.2 Å². The van der Waals surface area contributed by atoms with E-state index < -0.39 is 6.09 Å². The van der Waals surface area contributed by atoms with Gasteiger partial charge >= 0.3 is 6.09 Å². The molecule has 0 spiro atoms. The van der Waals surface area contributed by atoms with Gasteiger partial charge in [-0.25, -0.2) is 9.78 Å². The molecule has 9 nitrogen and oxygen atoms in total. The van der Waals surface area contributed by atoms with E-state index in [4.69, 9.17) is 0 Å². The first kappa shape index (κ1) is 25.7. The fraction of sp³-hybridized carbons (Fsp3) is 0.500. The topological polar surface area (TPSA) is 102 Å². The highest BCUT2D eigenvalue weighted by Gasteiger charge is 2.38. The Balaban J connectivity index is 0.00000324. The van der Waals surface area contributed by atoms with Crippen molar-refractivity contribution in [2.45, 2.75) is 52.2 Å². The first-order valence-electron chi connectivity index (χ1n) is 11.5. The van der Waals surface area contributed by atoms with Crippen molar-refractivity contribution in [1.82, 2.24) is 20.2 Å². The molecule has 4 rings (SSSR count). The maximum atomic E-state index is 12.4. The summed E-state index contributed by atoms with van der Waals surface area (Å²) in [5.41, 5.74) is 3.15. The number of halogens is 1. The van der Waals surface area contributed by atoms with Crippen LogP contribution < -0.4 is 15.1 Å². The van der Waals surface area contributed by atoms with Crippen molar-refractivity contribution >= 4 is 35.9 Å². The van der Waals surface area contributed by atoms with Crippen LogP contribution in [0.15, 0.2) is 30.6 Å². The van der Waals surface area contributed by atoms with Gasteiger partial charge < -0.3 is 20.2 Å². The Labute approximate surface area is 206 Å². The van der Waals surface area contributed by atoms with Gasteiger partial charge in [-0.15, -0.1) is 12.4 Å². The smallest absolute Gasteiger partial charge is 0.408 e. The van der Waals surface area contributed by atoms with Gasteiger partial charge in [-0.1, -0.05) is 6.07 Å². The molecule has 0 aliphatic carbocycles. The van der Waals surface area contributed by atoms with Crippen LogP contribution >= 0.6 is 12.4 Å². The van der Waals surface area contributed by atoms with Crippen molar-refractivity contribution in [1.29, 1.82) is 0 Å². The molecular formula is C24H33ClN6O3. The number of fused-ring (bicyclic) bond motifs is 1. The highest BCUT2D eigenvalue weighted by atomic mass is 35.5. The number of amides is 2. The van der Waals surface area contributed by atoms with E-state index in [1.165, 1.54) is 4.90 Å². The predicted molar refractivity (Wildman–Crippen MR) is 135 cm³/mol. The van der Waals surface area contributed by atoms with Crippen molar-refractivity contribution in [2.24, 2.45) is 0 Å². The molecule has 1 saturated heterocycles. The van der Waals surface area contributed by atoms with Crippen LogP contribution in [0.5, 0.6) is 0 Å². The van der Waals surface area contributed by atoms with E-state index in [2.05, 4.69) is 20.2 Å². The van der Waals surface area contributed by atoms with Gasteiger partial charge in [-0.3, -0.25) is 14.7 Å². The maximum Gasteiger partial charge on any atom is 0.408 e. The Bertz CT molecular complexity index is 1030. The molecule has 184 valence electrons. The van der Waals surface area contributed by atoms with Gasteiger partial charge in [0.1, 0.15) is 5.82 Å². The summed E-state index contributed by atoms with van der Waals surface area (Å²) in [5.74, 6) is 0.797. The molecule has 1 fully saturated rings. The van der Waals surface area contributed by atoms with Crippen molar-refractivity contribution in [3.05, 3.63) is 36.2 Å². The van der Waals surface area contributed by atoms with Gasteiger partial charge in [0.2, 0.25) is 5.91 Å². The molecule has 2 aromatic rings. The highest BCUT2D eigenvalue weighted by molar-refractivity contribution is 5.94. The molecule has 2 aliphatic heterocycles. The largest absolute Gasteiger partial charge is 0.465 e. The first-order valence-corrected chi connectivity index (χ1v) is 11.5. The molecule has 0 bridgehead atoms. The minimum atomic E-state index is -0.963. The number of aromatic nitrogens is 2. The molecule has 0 unspecified atom stereocenters. The average molecular weight is 489 g/mol. The SMILES string of the molecule is CC(=O)N1c2ccc(-c3cnc(N4CCNCC4)cn3)cc2[C@H](N(C(=O)O)C(C)C)C[C@@H]1C.Cl. The van der Waals surface area contributed by atoms with Gasteiger partial charge in [0, 0.05) is 56.4 Å². The molecule has 2 amide bonds. The Morgan fingerprint density at radius 1 is 1.18 bits per heavy atom. The normalized spacial score (nSPS) is 19.9. The number of carbonyl (C=O) groups is 2. The summed E-state index contributed by atoms with van der Waals surface area (Å²) >= 11 is 0. The summed E-state index contributed by atoms with van der Waals surface area (Å²) in [7, 11) is 0. The van der Waals surface area contributed by atoms with E-state index >= 15 is 0 Å². The Hall–Kier alpha value is -2.91. The predicted octanol–water partition coefficient (Wildman–Crippen LogP) is 3.55. The van der Waals surface area contributed by atoms with Gasteiger partial charge in [-0.2, -0.15) is 0 Å². The van der Waals surface area contributed by atoms with Crippen LogP contribution in [0.2, 0.25) is 0 Å². The van der Waals surface area contributed by atoms with Crippen molar-refractivity contribution < 1.29 is 14.7 Å². The fourth-order valence-electron chi connectivity index (χ4n) is 4.98. The van der Waals surface area contributed by atoms with Crippen LogP contribution in [-0.4, -0.2) is 70.2 Å². The molecular weight excluding hydrogens is 456 g/mol. The summed E-state index contributed by atoms with van der Waals surface area (Å²) in [6, 6.07) is 5.15. The van der Waals surface area contributed by atoms with Gasteiger partial charge in [0.25, 0.3) is 0 Å². The first-order chi connectivity index (χ1) is 15.8. The van der Waals surface area contributed by atoms with E-state index in [9.17, 15) is 14.7 Å². The van der Waals surface area contributed by atoms with Crippen LogP contribution in [0.4, 0.5) is 16.3 Å². The average Bonchev–Trinajstić information content (AvgIpc) is 2.79. The molecule has 34 heavy (non-hydrogen) atoms. The summed E-state index contributed by atoms with van der Waals surface area (Å²) < 4.78 is 0. The molecule has 3 heterocycles. The number of hydrogen-bond donors (Lipinski definition) is 2. The number of nitrogens with zero attached hydrogens (tertiary/aromatic N) is 5. The van der Waals surface area contributed by atoms with E-state index in [-0.39, 0.29) is 36.4 Å². The molecule has 2 atom stereocenters. The lowest BCUT2D eigenvalue weighted by Crippen LogP contribution is -2.48. The number of hydrogen-bond acceptors (Lipinski definition) is 6. The third kappa shape index (κ3) is 4.95. The zero-order valence-corrected chi connectivity index (χ0v) is 20.9. The highest BCUT2D eigenvalue weighted by Crippen LogP contribution is 2.43. The summed E-state index contributed by atoms with van der Waals surface area (Å²) in [5, 5.41) is 13.3. The maximum absolute atomic E-state index is 12.4. The quantitative estimate of drug-likeness (QED) is 0.678. The number of carbonyl (C=O) groups excluding carboxylic acids is 1. The van der Waals surface area contributed by atoms with Crippen LogP contribution in [0.3, 0.4) is 0 Å². The van der Waals surface area contributed by atoms with E-state index in [1.807, 2.05) is 39.0 Å². The summed E-state index contributed by atoms with van der Waals surface area (Å²) in [6.45, 7) is 10.9. The molecule has 1 aromatic heterocycles. The molecule has 0 saturated carbocycles. The summed E-state index contributed by atoms with van der Waals surface area (Å²) in [6.07, 6.45) is 3.13. The van der Waals surface area contributed by atoms with Crippen molar-refractivity contribution in [3.8, 4) is 11.3 Å². The molecule has 0 radical (unpaired) electrons. The minimum absolute atomic E-state index is 0. The fourth-order valence-corrected chi connectivity index (χ4v) is 4.98. The second kappa shape index (κ2) is 10.6. The third-order valence-electron chi connectivity index (χ3n) is 6.48. The lowest BCUT2D eigenvalue weighted by molar-refractivity contribution is -0.117. The van der Waals surface area contributed by atoms with Gasteiger partial charge in [0.15, 0.2) is 0 Å². The second-order valence-corrected chi connectivity index (χ2v) is 9.04. The standard InChI is InChI=1S/C24H32N6O3.ClH/c1-15(2)29(24(32)33)22-11-16(3)30(17(4)31)21-6-5-18(12-19(21)22)20-13-27-23(14-26-20)28-9-7-25-8-10-28;/h5-6,12-16,22,25H,7-11H2,1-4H3,(H,32,33);1H/t16-,22+;/m0./s1. The van der Waals surface area contributed by atoms with Gasteiger partial charge in [-0.05, 0) is 44.9 Å². The number of piperazine rings is 1. The Kier molecular flexibility index (Phi) is 7.99. The lowest BCUT2D eigenvalue weighted by Gasteiger charge is -2.43. The Morgan fingerprint density at radius 3 is 2.44 bits per heavy atom. The minimum Gasteiger partial charge on any atom is -0.465 e. The van der Waals surface area contributed by atoms with Crippen molar-refractivity contribution in [3.63, 3.8) is 0 Å². The van der Waals surface area contributed by atoms with Crippen LogP contribution in [0, 0.1) is 0 Å². The second-order valence-electron chi connectivity index (χ2n) is 9.04. The van der Waals surface area contributed by atoms with E-state index in [0.29, 0.717) is 6.42 Å². The number of carboxylic acid groups (broad SMARTS) is 1.